The van der Waals surface area contributed by atoms with E-state index in [2.05, 4.69) is 15.2 Å². The second-order valence-corrected chi connectivity index (χ2v) is 7.13. The van der Waals surface area contributed by atoms with Crippen LogP contribution in [-0.2, 0) is 0 Å². The number of aromatic nitrogens is 3. The summed E-state index contributed by atoms with van der Waals surface area (Å²) in [5, 5.41) is 7.16. The van der Waals surface area contributed by atoms with Gasteiger partial charge in [-0.3, -0.25) is 14.7 Å². The average molecular weight is 389 g/mol. The lowest BCUT2D eigenvalue weighted by Gasteiger charge is -2.30. The number of aryl methyl sites for hydroxylation is 1. The van der Waals surface area contributed by atoms with E-state index in [4.69, 9.17) is 0 Å². The fraction of sp³-hybridized carbons (Fsp3) is 0.273. The summed E-state index contributed by atoms with van der Waals surface area (Å²) in [4.78, 5) is 34.4. The van der Waals surface area contributed by atoms with E-state index >= 15 is 0 Å². The smallest absolute Gasteiger partial charge is 0.254 e. The molecule has 2 heterocycles. The molecule has 0 bridgehead atoms. The second kappa shape index (κ2) is 8.26. The molecule has 1 fully saturated rings. The molecule has 2 aromatic carbocycles. The maximum atomic E-state index is 13.2. The normalized spacial score (nSPS) is 17.1. The van der Waals surface area contributed by atoms with Crippen LogP contribution in [0.1, 0.15) is 44.8 Å². The molecule has 1 N–H and O–H groups in total. The first-order valence-electron chi connectivity index (χ1n) is 9.73. The summed E-state index contributed by atoms with van der Waals surface area (Å²) >= 11 is 0. The largest absolute Gasteiger partial charge is 0.336 e. The molecule has 2 amide bonds. The molecule has 1 unspecified atom stereocenters. The van der Waals surface area contributed by atoms with Crippen LogP contribution in [0.5, 0.6) is 0 Å². The van der Waals surface area contributed by atoms with Gasteiger partial charge in [0.15, 0.2) is 5.82 Å². The predicted molar refractivity (Wildman–Crippen MR) is 108 cm³/mol. The number of nitrogens with zero attached hydrogens (tertiary/aromatic N) is 4. The van der Waals surface area contributed by atoms with Crippen LogP contribution in [0.3, 0.4) is 0 Å². The van der Waals surface area contributed by atoms with Gasteiger partial charge in [-0.05, 0) is 37.6 Å². The van der Waals surface area contributed by atoms with Crippen molar-refractivity contribution in [1.29, 1.82) is 0 Å². The molecular formula is C22H23N5O2. The van der Waals surface area contributed by atoms with Crippen molar-refractivity contribution in [3.05, 3.63) is 83.4 Å². The van der Waals surface area contributed by atoms with Crippen molar-refractivity contribution in [3.63, 3.8) is 0 Å². The van der Waals surface area contributed by atoms with Gasteiger partial charge in [0, 0.05) is 30.8 Å². The molecule has 7 nitrogen and oxygen atoms in total. The number of nitrogens with one attached hydrogen (secondary N) is 1. The van der Waals surface area contributed by atoms with Gasteiger partial charge >= 0.3 is 0 Å². The number of H-pyrrole nitrogens is 1. The third-order valence-electron chi connectivity index (χ3n) is 5.10. The summed E-state index contributed by atoms with van der Waals surface area (Å²) in [7, 11) is 0. The van der Waals surface area contributed by atoms with Crippen molar-refractivity contribution < 1.29 is 9.59 Å². The summed E-state index contributed by atoms with van der Waals surface area (Å²) in [5.41, 5.74) is 1.26. The van der Waals surface area contributed by atoms with Crippen molar-refractivity contribution in [1.82, 2.24) is 25.0 Å². The van der Waals surface area contributed by atoms with Crippen LogP contribution in [0.25, 0.3) is 0 Å². The molecule has 7 heteroatoms. The van der Waals surface area contributed by atoms with E-state index in [0.717, 1.165) is 0 Å². The van der Waals surface area contributed by atoms with Gasteiger partial charge in [0.2, 0.25) is 0 Å². The summed E-state index contributed by atoms with van der Waals surface area (Å²) in [5.74, 6) is 1.08. The quantitative estimate of drug-likeness (QED) is 0.747. The van der Waals surface area contributed by atoms with E-state index in [0.29, 0.717) is 48.8 Å². The molecule has 148 valence electrons. The number of benzene rings is 2. The fourth-order valence-electron chi connectivity index (χ4n) is 3.65. The van der Waals surface area contributed by atoms with Crippen molar-refractivity contribution in [3.8, 4) is 0 Å². The fourth-order valence-corrected chi connectivity index (χ4v) is 3.65. The summed E-state index contributed by atoms with van der Waals surface area (Å²) in [6.45, 7) is 3.28. The Balaban J connectivity index is 1.66. The predicted octanol–water partition coefficient (Wildman–Crippen LogP) is 2.84. The molecule has 1 saturated heterocycles. The van der Waals surface area contributed by atoms with E-state index in [9.17, 15) is 9.59 Å². The molecule has 0 aliphatic carbocycles. The van der Waals surface area contributed by atoms with E-state index in [1.54, 1.807) is 21.9 Å². The van der Waals surface area contributed by atoms with Gasteiger partial charge in [-0.25, -0.2) is 4.98 Å². The van der Waals surface area contributed by atoms with Gasteiger partial charge in [0.1, 0.15) is 11.9 Å². The van der Waals surface area contributed by atoms with Crippen molar-refractivity contribution in [2.45, 2.75) is 19.4 Å². The minimum atomic E-state index is -0.414. The Bertz CT molecular complexity index is 987. The summed E-state index contributed by atoms with van der Waals surface area (Å²) in [6.07, 6.45) is 0.692. The monoisotopic (exact) mass is 389 g/mol. The number of hydrogen-bond donors (Lipinski definition) is 1. The Morgan fingerprint density at radius 2 is 1.55 bits per heavy atom. The third kappa shape index (κ3) is 4.03. The first-order chi connectivity index (χ1) is 14.1. The zero-order valence-electron chi connectivity index (χ0n) is 16.3. The van der Waals surface area contributed by atoms with Gasteiger partial charge in [0.25, 0.3) is 11.8 Å². The number of rotatable bonds is 3. The first kappa shape index (κ1) is 18.9. The number of carbonyl (C=O) groups is 2. The average Bonchev–Trinajstić information content (AvgIpc) is 3.07. The van der Waals surface area contributed by atoms with Crippen LogP contribution < -0.4 is 0 Å². The van der Waals surface area contributed by atoms with Crippen LogP contribution in [0, 0.1) is 6.92 Å². The molecular weight excluding hydrogens is 366 g/mol. The van der Waals surface area contributed by atoms with Crippen LogP contribution in [0.2, 0.25) is 0 Å². The molecule has 0 radical (unpaired) electrons. The number of carbonyl (C=O) groups excluding carboxylic acids is 2. The number of amides is 2. The molecule has 1 atom stereocenters. The minimum Gasteiger partial charge on any atom is -0.336 e. The molecule has 1 aliphatic rings. The SMILES string of the molecule is Cc1nc(C2CN(C(=O)c3ccccc3)CCCN2C(=O)c2ccccc2)n[nH]1. The van der Waals surface area contributed by atoms with Crippen molar-refractivity contribution in [2.24, 2.45) is 0 Å². The highest BCUT2D eigenvalue weighted by Gasteiger charge is 2.34. The molecule has 0 saturated carbocycles. The molecule has 1 aliphatic heterocycles. The van der Waals surface area contributed by atoms with E-state index in [1.807, 2.05) is 55.5 Å². The second-order valence-electron chi connectivity index (χ2n) is 7.13. The highest BCUT2D eigenvalue weighted by Crippen LogP contribution is 2.25. The van der Waals surface area contributed by atoms with E-state index in [-0.39, 0.29) is 11.8 Å². The topological polar surface area (TPSA) is 82.2 Å². The summed E-state index contributed by atoms with van der Waals surface area (Å²) in [6, 6.07) is 18.0. The first-order valence-corrected chi connectivity index (χ1v) is 9.73. The lowest BCUT2D eigenvalue weighted by Crippen LogP contribution is -2.40. The van der Waals surface area contributed by atoms with Gasteiger partial charge < -0.3 is 9.80 Å². The van der Waals surface area contributed by atoms with Gasteiger partial charge in [0.05, 0.1) is 0 Å². The Labute approximate surface area is 169 Å². The molecule has 4 rings (SSSR count). The van der Waals surface area contributed by atoms with Crippen molar-refractivity contribution in [2.75, 3.05) is 19.6 Å². The van der Waals surface area contributed by atoms with E-state index in [1.165, 1.54) is 0 Å². The van der Waals surface area contributed by atoms with Gasteiger partial charge in [-0.1, -0.05) is 36.4 Å². The Morgan fingerprint density at radius 1 is 0.931 bits per heavy atom. The lowest BCUT2D eigenvalue weighted by molar-refractivity contribution is 0.0622. The Kier molecular flexibility index (Phi) is 5.37. The standard InChI is InChI=1S/C22H23N5O2/c1-16-23-20(25-24-16)19-15-26(21(28)17-9-4-2-5-10-17)13-8-14-27(19)22(29)18-11-6-3-7-12-18/h2-7,9-12,19H,8,13-15H2,1H3,(H,23,24,25). The molecule has 3 aromatic rings. The van der Waals surface area contributed by atoms with E-state index < -0.39 is 6.04 Å². The van der Waals surface area contributed by atoms with Crippen LogP contribution in [0.4, 0.5) is 0 Å². The van der Waals surface area contributed by atoms with Crippen LogP contribution in [0.15, 0.2) is 60.7 Å². The Hall–Kier alpha value is -3.48. The zero-order chi connectivity index (χ0) is 20.2. The number of aromatic amines is 1. The minimum absolute atomic E-state index is 0.0446. The number of hydrogen-bond acceptors (Lipinski definition) is 4. The Morgan fingerprint density at radius 3 is 2.14 bits per heavy atom. The van der Waals surface area contributed by atoms with Gasteiger partial charge in [-0.15, -0.1) is 0 Å². The summed E-state index contributed by atoms with van der Waals surface area (Å²) < 4.78 is 0. The molecule has 29 heavy (non-hydrogen) atoms. The maximum Gasteiger partial charge on any atom is 0.254 e. The van der Waals surface area contributed by atoms with Crippen LogP contribution >= 0.6 is 0 Å². The third-order valence-corrected chi connectivity index (χ3v) is 5.10. The molecule has 1 aromatic heterocycles. The highest BCUT2D eigenvalue weighted by atomic mass is 16.2. The highest BCUT2D eigenvalue weighted by molar-refractivity contribution is 5.95. The molecule has 0 spiro atoms. The maximum absolute atomic E-state index is 13.2. The zero-order valence-corrected chi connectivity index (χ0v) is 16.3. The van der Waals surface area contributed by atoms with Crippen LogP contribution in [-0.4, -0.2) is 56.4 Å². The van der Waals surface area contributed by atoms with Gasteiger partial charge in [-0.2, -0.15) is 5.10 Å². The van der Waals surface area contributed by atoms with Crippen molar-refractivity contribution >= 4 is 11.8 Å². The lowest BCUT2D eigenvalue weighted by atomic mass is 10.1.